The number of fused-ring (bicyclic) bond motifs is 1. The van der Waals surface area contributed by atoms with E-state index in [1.54, 1.807) is 13.2 Å². The quantitative estimate of drug-likeness (QED) is 0.689. The lowest BCUT2D eigenvalue weighted by molar-refractivity contribution is -0.116. The Labute approximate surface area is 150 Å². The lowest BCUT2D eigenvalue weighted by Gasteiger charge is -2.08. The third-order valence-corrected chi connectivity index (χ3v) is 4.06. The Balaban J connectivity index is 1.68. The molecule has 5 nitrogen and oxygen atoms in total. The molecule has 0 spiro atoms. The second-order valence-corrected chi connectivity index (χ2v) is 5.83. The summed E-state index contributed by atoms with van der Waals surface area (Å²) in [6, 6.07) is 13.5. The predicted octanol–water partition coefficient (Wildman–Crippen LogP) is 3.46. The van der Waals surface area contributed by atoms with E-state index in [2.05, 4.69) is 10.3 Å². The van der Waals surface area contributed by atoms with Crippen molar-refractivity contribution >= 4 is 29.2 Å². The molecule has 2 heterocycles. The number of nitrogens with zero attached hydrogens (tertiary/aromatic N) is 2. The van der Waals surface area contributed by atoms with Crippen molar-refractivity contribution in [1.82, 2.24) is 14.7 Å². The predicted molar refractivity (Wildman–Crippen MR) is 98.2 cm³/mol. The lowest BCUT2D eigenvalue weighted by Crippen LogP contribution is -2.21. The molecule has 25 heavy (non-hydrogen) atoms. The minimum atomic E-state index is -0.200. The first-order chi connectivity index (χ1) is 12.2. The smallest absolute Gasteiger partial charge is 0.244 e. The van der Waals surface area contributed by atoms with Crippen molar-refractivity contribution in [3.63, 3.8) is 0 Å². The molecule has 0 bridgehead atoms. The molecule has 1 aromatic carbocycles. The van der Waals surface area contributed by atoms with E-state index in [0.717, 1.165) is 16.8 Å². The Morgan fingerprint density at radius 2 is 2.00 bits per heavy atom. The number of halogens is 1. The average molecular weight is 356 g/mol. The van der Waals surface area contributed by atoms with Gasteiger partial charge in [0.05, 0.1) is 12.3 Å². The summed E-state index contributed by atoms with van der Waals surface area (Å²) in [4.78, 5) is 16.4. The zero-order valence-electron chi connectivity index (χ0n) is 13.8. The van der Waals surface area contributed by atoms with Crippen molar-refractivity contribution in [2.24, 2.45) is 0 Å². The number of carbonyl (C=O) groups is 1. The average Bonchev–Trinajstić information content (AvgIpc) is 2.94. The fourth-order valence-corrected chi connectivity index (χ4v) is 2.80. The SMILES string of the molecule is COCc1ccccc1CNC(=O)/C=C/c1c(Cl)nc2ccccn12. The van der Waals surface area contributed by atoms with Crippen molar-refractivity contribution in [2.75, 3.05) is 7.11 Å². The van der Waals surface area contributed by atoms with E-state index in [4.69, 9.17) is 16.3 Å². The van der Waals surface area contributed by atoms with Crippen molar-refractivity contribution < 1.29 is 9.53 Å². The van der Waals surface area contributed by atoms with Crippen LogP contribution in [-0.4, -0.2) is 22.4 Å². The highest BCUT2D eigenvalue weighted by Gasteiger charge is 2.07. The molecular formula is C19H18ClN3O2. The minimum Gasteiger partial charge on any atom is -0.380 e. The summed E-state index contributed by atoms with van der Waals surface area (Å²) in [6.07, 6.45) is 4.98. The van der Waals surface area contributed by atoms with E-state index in [9.17, 15) is 4.79 Å². The normalized spacial score (nSPS) is 11.3. The standard InChI is InChI=1S/C19H18ClN3O2/c1-25-13-15-7-3-2-6-14(15)12-21-18(24)10-9-16-19(20)22-17-8-4-5-11-23(16)17/h2-11H,12-13H2,1H3,(H,21,24)/b10-9+. The van der Waals surface area contributed by atoms with Crippen LogP contribution in [-0.2, 0) is 22.7 Å². The largest absolute Gasteiger partial charge is 0.380 e. The third kappa shape index (κ3) is 4.07. The molecule has 0 saturated carbocycles. The Hall–Kier alpha value is -2.63. The summed E-state index contributed by atoms with van der Waals surface area (Å²) >= 11 is 6.15. The summed E-state index contributed by atoms with van der Waals surface area (Å²) < 4.78 is 7.01. The fourth-order valence-electron chi connectivity index (χ4n) is 2.56. The molecular weight excluding hydrogens is 338 g/mol. The van der Waals surface area contributed by atoms with Gasteiger partial charge in [-0.3, -0.25) is 9.20 Å². The summed E-state index contributed by atoms with van der Waals surface area (Å²) in [5.74, 6) is -0.200. The molecule has 0 aliphatic rings. The molecule has 0 saturated heterocycles. The minimum absolute atomic E-state index is 0.200. The second-order valence-electron chi connectivity index (χ2n) is 5.47. The number of benzene rings is 1. The number of aromatic nitrogens is 2. The highest BCUT2D eigenvalue weighted by molar-refractivity contribution is 6.31. The third-order valence-electron chi connectivity index (χ3n) is 3.79. The molecule has 6 heteroatoms. The summed E-state index contributed by atoms with van der Waals surface area (Å²) in [7, 11) is 1.65. The monoisotopic (exact) mass is 355 g/mol. The van der Waals surface area contributed by atoms with Gasteiger partial charge < -0.3 is 10.1 Å². The maximum absolute atomic E-state index is 12.1. The van der Waals surface area contributed by atoms with Crippen molar-refractivity contribution in [3.05, 3.63) is 76.7 Å². The van der Waals surface area contributed by atoms with Gasteiger partial charge in [0.15, 0.2) is 5.15 Å². The molecule has 0 atom stereocenters. The number of carbonyl (C=O) groups excluding carboxylic acids is 1. The fraction of sp³-hybridized carbons (Fsp3) is 0.158. The number of pyridine rings is 1. The van der Waals surface area contributed by atoms with E-state index < -0.39 is 0 Å². The molecule has 3 rings (SSSR count). The number of imidazole rings is 1. The van der Waals surface area contributed by atoms with Gasteiger partial charge >= 0.3 is 0 Å². The number of nitrogens with one attached hydrogen (secondary N) is 1. The Morgan fingerprint density at radius 3 is 2.80 bits per heavy atom. The van der Waals surface area contributed by atoms with Gasteiger partial charge in [0.25, 0.3) is 0 Å². The Kier molecular flexibility index (Phi) is 5.48. The lowest BCUT2D eigenvalue weighted by atomic mass is 10.1. The topological polar surface area (TPSA) is 55.6 Å². The molecule has 0 unspecified atom stereocenters. The van der Waals surface area contributed by atoms with Crippen LogP contribution in [0.1, 0.15) is 16.8 Å². The van der Waals surface area contributed by atoms with Gasteiger partial charge in [-0.05, 0) is 29.3 Å². The van der Waals surface area contributed by atoms with E-state index in [0.29, 0.717) is 24.0 Å². The molecule has 0 aliphatic heterocycles. The molecule has 2 aromatic heterocycles. The van der Waals surface area contributed by atoms with Crippen LogP contribution in [0.2, 0.25) is 5.15 Å². The van der Waals surface area contributed by atoms with E-state index in [1.165, 1.54) is 6.08 Å². The summed E-state index contributed by atoms with van der Waals surface area (Å²) in [6.45, 7) is 0.947. The Morgan fingerprint density at radius 1 is 1.24 bits per heavy atom. The molecule has 0 aliphatic carbocycles. The van der Waals surface area contributed by atoms with Crippen LogP contribution in [0.15, 0.2) is 54.7 Å². The van der Waals surface area contributed by atoms with E-state index >= 15 is 0 Å². The van der Waals surface area contributed by atoms with Crippen LogP contribution in [0, 0.1) is 0 Å². The van der Waals surface area contributed by atoms with Crippen molar-refractivity contribution in [2.45, 2.75) is 13.2 Å². The summed E-state index contributed by atoms with van der Waals surface area (Å²) in [5, 5.41) is 3.24. The maximum Gasteiger partial charge on any atom is 0.244 e. The van der Waals surface area contributed by atoms with Crippen LogP contribution >= 0.6 is 11.6 Å². The molecule has 0 fully saturated rings. The molecule has 3 aromatic rings. The zero-order chi connectivity index (χ0) is 17.6. The van der Waals surface area contributed by atoms with Crippen LogP contribution < -0.4 is 5.32 Å². The first kappa shape index (κ1) is 17.2. The number of ether oxygens (including phenoxy) is 1. The number of hydrogen-bond acceptors (Lipinski definition) is 3. The van der Waals surface area contributed by atoms with Crippen LogP contribution in [0.5, 0.6) is 0 Å². The van der Waals surface area contributed by atoms with Crippen LogP contribution in [0.3, 0.4) is 0 Å². The van der Waals surface area contributed by atoms with Gasteiger partial charge in [-0.15, -0.1) is 0 Å². The van der Waals surface area contributed by atoms with Gasteiger partial charge in [0, 0.05) is 25.9 Å². The maximum atomic E-state index is 12.1. The zero-order valence-corrected chi connectivity index (χ0v) is 14.5. The molecule has 1 amide bonds. The first-order valence-electron chi connectivity index (χ1n) is 7.83. The van der Waals surface area contributed by atoms with Gasteiger partial charge in [0.1, 0.15) is 5.65 Å². The van der Waals surface area contributed by atoms with Gasteiger partial charge in [-0.2, -0.15) is 0 Å². The van der Waals surface area contributed by atoms with E-state index in [-0.39, 0.29) is 5.91 Å². The first-order valence-corrected chi connectivity index (χ1v) is 8.21. The summed E-state index contributed by atoms with van der Waals surface area (Å²) in [5.41, 5.74) is 3.49. The number of methoxy groups -OCH3 is 1. The van der Waals surface area contributed by atoms with Gasteiger partial charge in [-0.1, -0.05) is 41.9 Å². The second kappa shape index (κ2) is 7.96. The van der Waals surface area contributed by atoms with Gasteiger partial charge in [0.2, 0.25) is 5.91 Å². The van der Waals surface area contributed by atoms with Crippen molar-refractivity contribution in [3.8, 4) is 0 Å². The van der Waals surface area contributed by atoms with E-state index in [1.807, 2.05) is 53.1 Å². The van der Waals surface area contributed by atoms with Crippen LogP contribution in [0.25, 0.3) is 11.7 Å². The van der Waals surface area contributed by atoms with Crippen molar-refractivity contribution in [1.29, 1.82) is 0 Å². The highest BCUT2D eigenvalue weighted by Crippen LogP contribution is 2.18. The van der Waals surface area contributed by atoms with Crippen LogP contribution in [0.4, 0.5) is 0 Å². The number of rotatable bonds is 6. The number of amides is 1. The van der Waals surface area contributed by atoms with Gasteiger partial charge in [-0.25, -0.2) is 4.98 Å². The highest BCUT2D eigenvalue weighted by atomic mass is 35.5. The molecule has 1 N–H and O–H groups in total. The number of hydrogen-bond donors (Lipinski definition) is 1. The molecule has 128 valence electrons. The Bertz CT molecular complexity index is 918. The molecule has 0 radical (unpaired) electrons.